The van der Waals surface area contributed by atoms with Gasteiger partial charge in [0.2, 0.25) is 5.91 Å². The number of halogens is 2. The molecular weight excluding hydrogens is 334 g/mol. The Morgan fingerprint density at radius 2 is 2.09 bits per heavy atom. The Hall–Kier alpha value is -1.48. The number of hydrogen-bond acceptors (Lipinski definition) is 4. The summed E-state index contributed by atoms with van der Waals surface area (Å²) in [4.78, 5) is 16.5. The number of carbonyl (C=O) groups is 1. The molecule has 3 rings (SSSR count). The summed E-state index contributed by atoms with van der Waals surface area (Å²) in [6.45, 7) is 1.26. The van der Waals surface area contributed by atoms with Gasteiger partial charge in [-0.15, -0.1) is 0 Å². The first-order valence-corrected chi connectivity index (χ1v) is 9.17. The van der Waals surface area contributed by atoms with E-state index in [-0.39, 0.29) is 27.6 Å². The lowest BCUT2D eigenvalue weighted by Crippen LogP contribution is -2.38. The molecule has 0 radical (unpaired) electrons. The van der Waals surface area contributed by atoms with Crippen molar-refractivity contribution in [1.29, 1.82) is 0 Å². The lowest BCUT2D eigenvalue weighted by molar-refractivity contribution is -0.115. The Kier molecular flexibility index (Phi) is 3.72. The summed E-state index contributed by atoms with van der Waals surface area (Å²) in [5, 5.41) is -0.0598. The van der Waals surface area contributed by atoms with Crippen LogP contribution in [0.15, 0.2) is 23.2 Å². The quantitative estimate of drug-likeness (QED) is 0.772. The van der Waals surface area contributed by atoms with Crippen LogP contribution >= 0.6 is 11.8 Å². The molecule has 0 aromatic heterocycles. The van der Waals surface area contributed by atoms with Gasteiger partial charge in [-0.3, -0.25) is 4.79 Å². The number of anilines is 1. The van der Waals surface area contributed by atoms with Crippen molar-refractivity contribution in [3.63, 3.8) is 0 Å². The molecule has 0 N–H and O–H groups in total. The average Bonchev–Trinajstić information content (AvgIpc) is 2.81. The van der Waals surface area contributed by atoms with Crippen molar-refractivity contribution in [1.82, 2.24) is 0 Å². The first-order chi connectivity index (χ1) is 10.3. The van der Waals surface area contributed by atoms with Gasteiger partial charge >= 0.3 is 0 Å². The van der Waals surface area contributed by atoms with E-state index in [2.05, 4.69) is 4.99 Å². The van der Waals surface area contributed by atoms with Gasteiger partial charge in [0.25, 0.3) is 0 Å². The highest BCUT2D eigenvalue weighted by Gasteiger charge is 2.49. The molecule has 22 heavy (non-hydrogen) atoms. The molecule has 1 amide bonds. The van der Waals surface area contributed by atoms with Gasteiger partial charge in [0.15, 0.2) is 15.0 Å². The Bertz CT molecular complexity index is 779. The third-order valence-corrected chi connectivity index (χ3v) is 6.70. The number of nitrogens with zero attached hydrogens (tertiary/aromatic N) is 2. The summed E-state index contributed by atoms with van der Waals surface area (Å²) in [7, 11) is -3.22. The second-order valence-electron chi connectivity index (χ2n) is 5.18. The van der Waals surface area contributed by atoms with Crippen LogP contribution in [0.4, 0.5) is 14.5 Å². The average molecular weight is 346 g/mol. The largest absolute Gasteiger partial charge is 0.313 e. The van der Waals surface area contributed by atoms with E-state index >= 15 is 0 Å². The van der Waals surface area contributed by atoms with Gasteiger partial charge in [-0.25, -0.2) is 17.2 Å². The van der Waals surface area contributed by atoms with E-state index in [4.69, 9.17) is 0 Å². The SMILES string of the molecule is CC(=O)N=C1S[C@@H]2CS(=O)(=O)C[C@@H]2N1c1ccc(F)cc1F. The zero-order valence-electron chi connectivity index (χ0n) is 11.5. The number of sulfone groups is 1. The molecule has 0 unspecified atom stereocenters. The van der Waals surface area contributed by atoms with E-state index in [1.54, 1.807) is 0 Å². The van der Waals surface area contributed by atoms with Gasteiger partial charge in [-0.05, 0) is 12.1 Å². The van der Waals surface area contributed by atoms with Crippen molar-refractivity contribution in [2.45, 2.75) is 18.2 Å². The highest BCUT2D eigenvalue weighted by Crippen LogP contribution is 2.41. The fourth-order valence-corrected chi connectivity index (χ4v) is 6.61. The van der Waals surface area contributed by atoms with Crippen LogP contribution in [-0.2, 0) is 14.6 Å². The maximum atomic E-state index is 14.1. The fourth-order valence-electron chi connectivity index (χ4n) is 2.66. The van der Waals surface area contributed by atoms with Crippen molar-refractivity contribution >= 4 is 38.4 Å². The van der Waals surface area contributed by atoms with Gasteiger partial charge in [0.05, 0.1) is 23.2 Å². The summed E-state index contributed by atoms with van der Waals surface area (Å²) >= 11 is 1.14. The minimum atomic E-state index is -3.22. The zero-order chi connectivity index (χ0) is 16.1. The predicted molar refractivity (Wildman–Crippen MR) is 80.8 cm³/mol. The van der Waals surface area contributed by atoms with Crippen molar-refractivity contribution in [3.05, 3.63) is 29.8 Å². The molecule has 2 atom stereocenters. The molecule has 2 aliphatic rings. The topological polar surface area (TPSA) is 66.8 Å². The Balaban J connectivity index is 2.08. The van der Waals surface area contributed by atoms with Crippen molar-refractivity contribution < 1.29 is 22.0 Å². The van der Waals surface area contributed by atoms with E-state index in [1.807, 2.05) is 0 Å². The van der Waals surface area contributed by atoms with Crippen LogP contribution in [0.5, 0.6) is 0 Å². The van der Waals surface area contributed by atoms with Crippen LogP contribution in [0, 0.1) is 11.6 Å². The summed E-state index contributed by atoms with van der Waals surface area (Å²) < 4.78 is 50.7. The molecule has 2 saturated heterocycles. The van der Waals surface area contributed by atoms with E-state index < -0.39 is 33.4 Å². The second-order valence-corrected chi connectivity index (χ2v) is 8.54. The molecule has 118 valence electrons. The molecule has 0 bridgehead atoms. The number of amidine groups is 1. The zero-order valence-corrected chi connectivity index (χ0v) is 13.1. The molecule has 1 aromatic carbocycles. The highest BCUT2D eigenvalue weighted by molar-refractivity contribution is 8.16. The second kappa shape index (κ2) is 5.31. The number of aliphatic imine (C=N–C) groups is 1. The number of fused-ring (bicyclic) bond motifs is 1. The van der Waals surface area contributed by atoms with Crippen molar-refractivity contribution in [2.24, 2.45) is 4.99 Å². The van der Waals surface area contributed by atoms with Crippen molar-refractivity contribution in [2.75, 3.05) is 16.4 Å². The van der Waals surface area contributed by atoms with Gasteiger partial charge in [-0.1, -0.05) is 11.8 Å². The number of amides is 1. The smallest absolute Gasteiger partial charge is 0.244 e. The third kappa shape index (κ3) is 2.74. The van der Waals surface area contributed by atoms with Crippen LogP contribution in [0.2, 0.25) is 0 Å². The monoisotopic (exact) mass is 346 g/mol. The highest BCUT2D eigenvalue weighted by atomic mass is 32.2. The number of thioether (sulfide) groups is 1. The number of benzene rings is 1. The Labute approximate surface area is 130 Å². The number of rotatable bonds is 1. The molecule has 9 heteroatoms. The van der Waals surface area contributed by atoms with Crippen LogP contribution in [0.25, 0.3) is 0 Å². The van der Waals surface area contributed by atoms with Gasteiger partial charge in [0, 0.05) is 18.2 Å². The molecule has 2 fully saturated rings. The Morgan fingerprint density at radius 1 is 1.36 bits per heavy atom. The summed E-state index contributed by atoms with van der Waals surface area (Å²) in [5.41, 5.74) is 0.0264. The lowest BCUT2D eigenvalue weighted by atomic mass is 10.2. The van der Waals surface area contributed by atoms with E-state index in [1.165, 1.54) is 17.9 Å². The minimum absolute atomic E-state index is 0.0264. The van der Waals surface area contributed by atoms with E-state index in [0.29, 0.717) is 0 Å². The van der Waals surface area contributed by atoms with Crippen molar-refractivity contribution in [3.8, 4) is 0 Å². The van der Waals surface area contributed by atoms with Crippen LogP contribution in [-0.4, -0.2) is 42.3 Å². The third-order valence-electron chi connectivity index (χ3n) is 3.49. The van der Waals surface area contributed by atoms with Crippen LogP contribution in [0.1, 0.15) is 6.92 Å². The van der Waals surface area contributed by atoms with E-state index in [0.717, 1.165) is 23.9 Å². The molecule has 1 aromatic rings. The number of carbonyl (C=O) groups excluding carboxylic acids is 1. The summed E-state index contributed by atoms with van der Waals surface area (Å²) in [6, 6.07) is 2.54. The van der Waals surface area contributed by atoms with Gasteiger partial charge < -0.3 is 4.90 Å². The van der Waals surface area contributed by atoms with Gasteiger partial charge in [-0.2, -0.15) is 4.99 Å². The molecule has 0 spiro atoms. The minimum Gasteiger partial charge on any atom is -0.313 e. The molecular formula is C13H12F2N2O3S2. The molecule has 0 saturated carbocycles. The lowest BCUT2D eigenvalue weighted by Gasteiger charge is -2.24. The van der Waals surface area contributed by atoms with Crippen LogP contribution in [0.3, 0.4) is 0 Å². The standard InChI is InChI=1S/C13H12F2N2O3S2/c1-7(18)16-13-17(10-3-2-8(14)4-9(10)15)11-5-22(19,20)6-12(11)21-13/h2-4,11-12H,5-6H2,1H3/t11-,12+/m0/s1. The maximum absolute atomic E-state index is 14.1. The molecule has 5 nitrogen and oxygen atoms in total. The molecule has 0 aliphatic carbocycles. The maximum Gasteiger partial charge on any atom is 0.244 e. The first-order valence-electron chi connectivity index (χ1n) is 6.47. The summed E-state index contributed by atoms with van der Waals surface area (Å²) in [6.07, 6.45) is 0. The predicted octanol–water partition coefficient (Wildman–Crippen LogP) is 1.59. The molecule has 2 aliphatic heterocycles. The normalized spacial score (nSPS) is 28.1. The Morgan fingerprint density at radius 3 is 2.73 bits per heavy atom. The van der Waals surface area contributed by atoms with E-state index in [9.17, 15) is 22.0 Å². The van der Waals surface area contributed by atoms with Gasteiger partial charge in [0.1, 0.15) is 11.6 Å². The molecule has 2 heterocycles. The fraction of sp³-hybridized carbons (Fsp3) is 0.385. The number of hydrogen-bond donors (Lipinski definition) is 0. The summed E-state index contributed by atoms with van der Waals surface area (Å²) in [5.74, 6) is -2.19. The van der Waals surface area contributed by atoms with Crippen LogP contribution < -0.4 is 4.90 Å². The first kappa shape index (κ1) is 15.4.